The lowest BCUT2D eigenvalue weighted by atomic mass is 10.0. The first-order chi connectivity index (χ1) is 13.7. The Balaban J connectivity index is 1.64. The molecule has 5 heteroatoms. The van der Waals surface area contributed by atoms with Crippen molar-refractivity contribution in [3.05, 3.63) is 82.5 Å². The minimum atomic E-state index is -0.376. The van der Waals surface area contributed by atoms with E-state index in [0.29, 0.717) is 16.2 Å². The highest BCUT2D eigenvalue weighted by Crippen LogP contribution is 2.31. The Hall–Kier alpha value is -3.44. The van der Waals surface area contributed by atoms with E-state index in [2.05, 4.69) is 4.98 Å². The Morgan fingerprint density at radius 2 is 1.79 bits per heavy atom. The van der Waals surface area contributed by atoms with E-state index in [4.69, 9.17) is 9.15 Å². The van der Waals surface area contributed by atoms with Gasteiger partial charge in [0.1, 0.15) is 16.3 Å². The maximum atomic E-state index is 12.6. The first kappa shape index (κ1) is 16.7. The van der Waals surface area contributed by atoms with Crippen LogP contribution in [0.25, 0.3) is 43.6 Å². The first-order valence-corrected chi connectivity index (χ1v) is 9.67. The standard InChI is InChI=1S/C23H15NO3S/c1-26-16-9-6-15(7-10-16)20-13-28-22(24-20)19-12-18-17-5-3-2-4-14(17)8-11-21(18)27-23(19)25/h2-13H,1H3. The molecule has 136 valence electrons. The molecule has 0 bridgehead atoms. The largest absolute Gasteiger partial charge is 0.497 e. The highest BCUT2D eigenvalue weighted by Gasteiger charge is 2.14. The molecule has 0 N–H and O–H groups in total. The van der Waals surface area contributed by atoms with Gasteiger partial charge in [-0.3, -0.25) is 0 Å². The van der Waals surface area contributed by atoms with Crippen LogP contribution in [0.2, 0.25) is 0 Å². The molecule has 0 spiro atoms. The molecule has 0 saturated carbocycles. The third-order valence-electron chi connectivity index (χ3n) is 4.76. The SMILES string of the molecule is COc1ccc(-c2csc(-c3cc4c(ccc5ccccc54)oc3=O)n2)cc1. The zero-order chi connectivity index (χ0) is 19.1. The summed E-state index contributed by atoms with van der Waals surface area (Å²) in [5.74, 6) is 0.793. The van der Waals surface area contributed by atoms with E-state index in [-0.39, 0.29) is 5.63 Å². The van der Waals surface area contributed by atoms with E-state index in [1.165, 1.54) is 11.3 Å². The van der Waals surface area contributed by atoms with Crippen molar-refractivity contribution < 1.29 is 9.15 Å². The summed E-state index contributed by atoms with van der Waals surface area (Å²) in [6.45, 7) is 0. The van der Waals surface area contributed by atoms with Crippen molar-refractivity contribution in [2.24, 2.45) is 0 Å². The molecule has 0 amide bonds. The predicted octanol–water partition coefficient (Wildman–Crippen LogP) is 5.75. The van der Waals surface area contributed by atoms with Crippen LogP contribution in [0.3, 0.4) is 0 Å². The van der Waals surface area contributed by atoms with Gasteiger partial charge in [0.2, 0.25) is 0 Å². The van der Waals surface area contributed by atoms with Gasteiger partial charge in [-0.15, -0.1) is 11.3 Å². The van der Waals surface area contributed by atoms with Gasteiger partial charge >= 0.3 is 5.63 Å². The van der Waals surface area contributed by atoms with Crippen molar-refractivity contribution in [2.45, 2.75) is 0 Å². The highest BCUT2D eigenvalue weighted by molar-refractivity contribution is 7.13. The number of hydrogen-bond acceptors (Lipinski definition) is 5. The van der Waals surface area contributed by atoms with Crippen LogP contribution in [-0.2, 0) is 0 Å². The van der Waals surface area contributed by atoms with Crippen LogP contribution >= 0.6 is 11.3 Å². The molecule has 0 aliphatic heterocycles. The molecule has 0 aliphatic rings. The van der Waals surface area contributed by atoms with E-state index >= 15 is 0 Å². The topological polar surface area (TPSA) is 52.3 Å². The fourth-order valence-electron chi connectivity index (χ4n) is 3.31. The Morgan fingerprint density at radius 1 is 0.964 bits per heavy atom. The van der Waals surface area contributed by atoms with Crippen molar-refractivity contribution in [3.63, 3.8) is 0 Å². The molecule has 4 nitrogen and oxygen atoms in total. The predicted molar refractivity (Wildman–Crippen MR) is 113 cm³/mol. The fraction of sp³-hybridized carbons (Fsp3) is 0.0435. The summed E-state index contributed by atoms with van der Waals surface area (Å²) >= 11 is 1.43. The van der Waals surface area contributed by atoms with Crippen LogP contribution in [-0.4, -0.2) is 12.1 Å². The second-order valence-electron chi connectivity index (χ2n) is 6.41. The molecule has 0 fully saturated rings. The van der Waals surface area contributed by atoms with Crippen LogP contribution in [0.5, 0.6) is 5.75 Å². The van der Waals surface area contributed by atoms with Gasteiger partial charge < -0.3 is 9.15 Å². The molecule has 0 saturated heterocycles. The summed E-state index contributed by atoms with van der Waals surface area (Å²) < 4.78 is 10.8. The number of thiazole rings is 1. The fourth-order valence-corrected chi connectivity index (χ4v) is 4.14. The van der Waals surface area contributed by atoms with E-state index in [0.717, 1.165) is 33.2 Å². The lowest BCUT2D eigenvalue weighted by molar-refractivity contribution is 0.415. The minimum Gasteiger partial charge on any atom is -0.497 e. The van der Waals surface area contributed by atoms with Gasteiger partial charge in [0.25, 0.3) is 0 Å². The molecule has 0 unspecified atom stereocenters. The number of nitrogens with zero attached hydrogens (tertiary/aromatic N) is 1. The molecule has 2 aromatic heterocycles. The van der Waals surface area contributed by atoms with Gasteiger partial charge in [-0.1, -0.05) is 30.3 Å². The van der Waals surface area contributed by atoms with Crippen LogP contribution in [0, 0.1) is 0 Å². The van der Waals surface area contributed by atoms with Crippen molar-refractivity contribution in [3.8, 4) is 27.6 Å². The molecule has 0 radical (unpaired) electrons. The van der Waals surface area contributed by atoms with Gasteiger partial charge in [0.15, 0.2) is 0 Å². The van der Waals surface area contributed by atoms with Gasteiger partial charge in [-0.25, -0.2) is 9.78 Å². The summed E-state index contributed by atoms with van der Waals surface area (Å²) in [7, 11) is 1.64. The van der Waals surface area contributed by atoms with Crippen LogP contribution in [0.4, 0.5) is 0 Å². The number of fused-ring (bicyclic) bond motifs is 3. The molecule has 0 atom stereocenters. The van der Waals surface area contributed by atoms with Gasteiger partial charge in [0.05, 0.1) is 18.4 Å². The quantitative estimate of drug-likeness (QED) is 0.293. The molecule has 5 aromatic rings. The average Bonchev–Trinajstić information content (AvgIpc) is 3.23. The first-order valence-electron chi connectivity index (χ1n) is 8.79. The number of methoxy groups -OCH3 is 1. The smallest absolute Gasteiger partial charge is 0.346 e. The summed E-state index contributed by atoms with van der Waals surface area (Å²) in [6, 6.07) is 21.4. The van der Waals surface area contributed by atoms with Crippen molar-refractivity contribution >= 4 is 33.1 Å². The highest BCUT2D eigenvalue weighted by atomic mass is 32.1. The summed E-state index contributed by atoms with van der Waals surface area (Å²) in [6.07, 6.45) is 0. The Bertz CT molecular complexity index is 1370. The number of benzene rings is 3. The average molecular weight is 385 g/mol. The van der Waals surface area contributed by atoms with E-state index in [9.17, 15) is 4.79 Å². The molecular weight excluding hydrogens is 370 g/mol. The lowest BCUT2D eigenvalue weighted by Gasteiger charge is -2.04. The van der Waals surface area contributed by atoms with Crippen molar-refractivity contribution in [1.82, 2.24) is 4.98 Å². The monoisotopic (exact) mass is 385 g/mol. The Kier molecular flexibility index (Phi) is 3.95. The normalized spacial score (nSPS) is 11.2. The van der Waals surface area contributed by atoms with Crippen molar-refractivity contribution in [1.29, 1.82) is 0 Å². The number of ether oxygens (including phenoxy) is 1. The Labute approximate surface area is 164 Å². The van der Waals surface area contributed by atoms with Gasteiger partial charge in [-0.05, 0) is 47.2 Å². The minimum absolute atomic E-state index is 0.376. The van der Waals surface area contributed by atoms with Gasteiger partial charge in [0, 0.05) is 16.3 Å². The zero-order valence-electron chi connectivity index (χ0n) is 15.0. The number of aromatic nitrogens is 1. The third-order valence-corrected chi connectivity index (χ3v) is 5.64. The molecule has 28 heavy (non-hydrogen) atoms. The third kappa shape index (κ3) is 2.77. The second kappa shape index (κ2) is 6.62. The summed E-state index contributed by atoms with van der Waals surface area (Å²) in [5, 5.41) is 5.66. The molecule has 5 rings (SSSR count). The summed E-state index contributed by atoms with van der Waals surface area (Å²) in [4.78, 5) is 17.3. The Morgan fingerprint density at radius 3 is 2.61 bits per heavy atom. The maximum Gasteiger partial charge on any atom is 0.346 e. The van der Waals surface area contributed by atoms with Gasteiger partial charge in [-0.2, -0.15) is 0 Å². The van der Waals surface area contributed by atoms with Crippen LogP contribution < -0.4 is 10.4 Å². The number of hydrogen-bond donors (Lipinski definition) is 0. The van der Waals surface area contributed by atoms with Crippen LogP contribution in [0.15, 0.2) is 81.3 Å². The lowest BCUT2D eigenvalue weighted by Crippen LogP contribution is -2.02. The maximum absolute atomic E-state index is 12.6. The van der Waals surface area contributed by atoms with Crippen LogP contribution in [0.1, 0.15) is 0 Å². The molecule has 0 aliphatic carbocycles. The summed E-state index contributed by atoms with van der Waals surface area (Å²) in [5.41, 5.74) is 2.48. The van der Waals surface area contributed by atoms with E-state index in [1.54, 1.807) is 7.11 Å². The molecule has 3 aromatic carbocycles. The molecule has 2 heterocycles. The van der Waals surface area contributed by atoms with Crippen molar-refractivity contribution in [2.75, 3.05) is 7.11 Å². The van der Waals surface area contributed by atoms with E-state index < -0.39 is 0 Å². The zero-order valence-corrected chi connectivity index (χ0v) is 15.8. The second-order valence-corrected chi connectivity index (χ2v) is 7.27. The van der Waals surface area contributed by atoms with E-state index in [1.807, 2.05) is 72.1 Å². The number of rotatable bonds is 3. The molecular formula is C23H15NO3S.